The van der Waals surface area contributed by atoms with Crippen LogP contribution in [0, 0.1) is 5.92 Å². The lowest BCUT2D eigenvalue weighted by Gasteiger charge is -2.24. The van der Waals surface area contributed by atoms with Crippen molar-refractivity contribution in [2.24, 2.45) is 5.92 Å². The molecule has 10 heavy (non-hydrogen) atoms. The van der Waals surface area contributed by atoms with Crippen LogP contribution < -0.4 is 0 Å². The third-order valence-corrected chi connectivity index (χ3v) is 1.79. The molecule has 0 aromatic rings. The molecule has 1 saturated heterocycles. The van der Waals surface area contributed by atoms with Crippen LogP contribution in [-0.2, 0) is 9.59 Å². The standard InChI is InChI=1S/C7H9NO2/c9-5-7-1-3-8(6-10)4-2-7/h7H,1-4H2. The zero-order valence-corrected chi connectivity index (χ0v) is 5.67. The fourth-order valence-electron chi connectivity index (χ4n) is 1.09. The Morgan fingerprint density at radius 1 is 1.20 bits per heavy atom. The van der Waals surface area contributed by atoms with Crippen LogP contribution in [0.15, 0.2) is 0 Å². The number of hydrogen-bond donors (Lipinski definition) is 0. The van der Waals surface area contributed by atoms with Gasteiger partial charge in [0.15, 0.2) is 0 Å². The Balaban J connectivity index is 2.30. The molecule has 2 radical (unpaired) electrons. The van der Waals surface area contributed by atoms with Crippen molar-refractivity contribution in [1.29, 1.82) is 0 Å². The summed E-state index contributed by atoms with van der Waals surface area (Å²) < 4.78 is 0. The second kappa shape index (κ2) is 3.34. The third kappa shape index (κ3) is 1.56. The topological polar surface area (TPSA) is 37.4 Å². The van der Waals surface area contributed by atoms with Crippen LogP contribution in [-0.4, -0.2) is 30.7 Å². The monoisotopic (exact) mass is 139 g/mol. The predicted molar refractivity (Wildman–Crippen MR) is 35.7 cm³/mol. The summed E-state index contributed by atoms with van der Waals surface area (Å²) in [5.41, 5.74) is 0. The Morgan fingerprint density at radius 2 is 1.80 bits per heavy atom. The van der Waals surface area contributed by atoms with Crippen LogP contribution in [0.1, 0.15) is 12.8 Å². The van der Waals surface area contributed by atoms with E-state index >= 15 is 0 Å². The molecule has 1 rings (SSSR count). The lowest BCUT2D eigenvalue weighted by atomic mass is 9.99. The summed E-state index contributed by atoms with van der Waals surface area (Å²) in [6, 6.07) is 0. The maximum absolute atomic E-state index is 10.1. The van der Waals surface area contributed by atoms with E-state index in [0.29, 0.717) is 13.1 Å². The first kappa shape index (κ1) is 7.25. The zero-order valence-electron chi connectivity index (χ0n) is 5.67. The highest BCUT2D eigenvalue weighted by atomic mass is 16.1. The molecule has 3 nitrogen and oxygen atoms in total. The second-order valence-corrected chi connectivity index (χ2v) is 2.47. The van der Waals surface area contributed by atoms with Crippen molar-refractivity contribution in [2.75, 3.05) is 13.1 Å². The molecule has 54 valence electrons. The van der Waals surface area contributed by atoms with Gasteiger partial charge in [-0.25, -0.2) is 0 Å². The summed E-state index contributed by atoms with van der Waals surface area (Å²) in [7, 11) is 0. The number of carbonyl (C=O) groups excluding carboxylic acids is 2. The van der Waals surface area contributed by atoms with Crippen molar-refractivity contribution in [3.8, 4) is 0 Å². The van der Waals surface area contributed by atoms with Crippen LogP contribution in [0.3, 0.4) is 0 Å². The number of amides is 1. The van der Waals surface area contributed by atoms with E-state index in [1.807, 2.05) is 6.29 Å². The molecule has 3 heteroatoms. The van der Waals surface area contributed by atoms with Gasteiger partial charge in [-0.1, -0.05) is 0 Å². The molecule has 0 atom stereocenters. The van der Waals surface area contributed by atoms with Crippen molar-refractivity contribution in [3.63, 3.8) is 0 Å². The van der Waals surface area contributed by atoms with Crippen molar-refractivity contribution in [1.82, 2.24) is 4.90 Å². The van der Waals surface area contributed by atoms with Crippen molar-refractivity contribution < 1.29 is 9.59 Å². The normalized spacial score (nSPS) is 20.6. The number of rotatable bonds is 2. The number of piperidine rings is 1. The number of likely N-dealkylation sites (tertiary alicyclic amines) is 1. The first-order valence-electron chi connectivity index (χ1n) is 3.37. The minimum atomic E-state index is 0.0459. The van der Waals surface area contributed by atoms with Crippen LogP contribution in [0.5, 0.6) is 0 Å². The maximum Gasteiger partial charge on any atom is 0.312 e. The largest absolute Gasteiger partial charge is 0.334 e. The lowest BCUT2D eigenvalue weighted by Crippen LogP contribution is -2.32. The van der Waals surface area contributed by atoms with Gasteiger partial charge in [-0.15, -0.1) is 0 Å². The minimum absolute atomic E-state index is 0.0459. The molecule has 1 heterocycles. The van der Waals surface area contributed by atoms with Crippen LogP contribution in [0.25, 0.3) is 0 Å². The summed E-state index contributed by atoms with van der Waals surface area (Å²) in [5, 5.41) is 0. The Labute approximate surface area is 60.0 Å². The molecule has 0 aliphatic carbocycles. The molecule has 0 unspecified atom stereocenters. The highest BCUT2D eigenvalue weighted by Crippen LogP contribution is 2.12. The molecule has 1 aliphatic heterocycles. The van der Waals surface area contributed by atoms with E-state index in [0.717, 1.165) is 12.8 Å². The fourth-order valence-corrected chi connectivity index (χ4v) is 1.09. The molecule has 0 saturated carbocycles. The molecule has 1 amide bonds. The van der Waals surface area contributed by atoms with Gasteiger partial charge in [0.1, 0.15) is 0 Å². The van der Waals surface area contributed by atoms with E-state index in [9.17, 15) is 9.59 Å². The van der Waals surface area contributed by atoms with Crippen molar-refractivity contribution >= 4 is 12.7 Å². The van der Waals surface area contributed by atoms with Gasteiger partial charge in [0, 0.05) is 19.0 Å². The van der Waals surface area contributed by atoms with Crippen LogP contribution in [0.4, 0.5) is 0 Å². The average molecular weight is 139 g/mol. The summed E-state index contributed by atoms with van der Waals surface area (Å²) in [6.07, 6.45) is 5.24. The smallest absolute Gasteiger partial charge is 0.312 e. The molecule has 0 N–H and O–H groups in total. The Morgan fingerprint density at radius 3 is 2.20 bits per heavy atom. The number of hydrogen-bond acceptors (Lipinski definition) is 2. The lowest BCUT2D eigenvalue weighted by molar-refractivity contribution is 0.289. The van der Waals surface area contributed by atoms with Gasteiger partial charge in [-0.05, 0) is 12.8 Å². The zero-order chi connectivity index (χ0) is 7.40. The summed E-state index contributed by atoms with van der Waals surface area (Å²) in [5.74, 6) is 0.0459. The Bertz CT molecular complexity index is 112. The molecule has 0 aromatic heterocycles. The quantitative estimate of drug-likeness (QED) is 0.534. The van der Waals surface area contributed by atoms with Gasteiger partial charge in [-0.2, -0.15) is 0 Å². The second-order valence-electron chi connectivity index (χ2n) is 2.47. The molecule has 0 aromatic carbocycles. The highest BCUT2D eigenvalue weighted by Gasteiger charge is 2.17. The minimum Gasteiger partial charge on any atom is -0.334 e. The number of nitrogens with zero attached hydrogens (tertiary/aromatic N) is 1. The molecule has 0 bridgehead atoms. The van der Waals surface area contributed by atoms with E-state index in [1.54, 1.807) is 11.3 Å². The summed E-state index contributed by atoms with van der Waals surface area (Å²) >= 11 is 0. The van der Waals surface area contributed by atoms with Gasteiger partial charge in [0.2, 0.25) is 6.29 Å². The Hall–Kier alpha value is -0.860. The van der Waals surface area contributed by atoms with Crippen LogP contribution in [0.2, 0.25) is 0 Å². The van der Waals surface area contributed by atoms with Crippen LogP contribution >= 0.6 is 0 Å². The first-order chi connectivity index (χ1) is 4.86. The molecular formula is C7H9NO2. The van der Waals surface area contributed by atoms with Gasteiger partial charge in [0.25, 0.3) is 0 Å². The molecule has 0 spiro atoms. The van der Waals surface area contributed by atoms with E-state index in [2.05, 4.69) is 0 Å². The van der Waals surface area contributed by atoms with Crippen molar-refractivity contribution in [3.05, 3.63) is 0 Å². The maximum atomic E-state index is 10.1. The van der Waals surface area contributed by atoms with E-state index in [-0.39, 0.29) is 5.92 Å². The van der Waals surface area contributed by atoms with Gasteiger partial charge < -0.3 is 4.90 Å². The van der Waals surface area contributed by atoms with Gasteiger partial charge in [0.05, 0.1) is 0 Å². The molecular weight excluding hydrogens is 130 g/mol. The molecule has 1 fully saturated rings. The van der Waals surface area contributed by atoms with E-state index in [4.69, 9.17) is 0 Å². The highest BCUT2D eigenvalue weighted by molar-refractivity contribution is 5.55. The van der Waals surface area contributed by atoms with Crippen molar-refractivity contribution in [2.45, 2.75) is 12.8 Å². The Kier molecular flexibility index (Phi) is 2.42. The fraction of sp³-hybridized carbons (Fsp3) is 0.714. The van der Waals surface area contributed by atoms with Gasteiger partial charge in [-0.3, -0.25) is 9.59 Å². The predicted octanol–water partition coefficient (Wildman–Crippen LogP) is -0.125. The summed E-state index contributed by atoms with van der Waals surface area (Å²) in [6.45, 7) is 1.31. The average Bonchev–Trinajstić information content (AvgIpc) is 2.05. The van der Waals surface area contributed by atoms with E-state index < -0.39 is 0 Å². The van der Waals surface area contributed by atoms with E-state index in [1.165, 1.54) is 0 Å². The summed E-state index contributed by atoms with van der Waals surface area (Å²) in [4.78, 5) is 21.7. The van der Waals surface area contributed by atoms with Gasteiger partial charge >= 0.3 is 6.41 Å². The third-order valence-electron chi connectivity index (χ3n) is 1.79. The SMILES string of the molecule is O=[C]C1CCN([C]=O)CC1. The first-order valence-corrected chi connectivity index (χ1v) is 3.37. The molecule has 1 aliphatic rings.